The van der Waals surface area contributed by atoms with Crippen LogP contribution in [-0.2, 0) is 23.0 Å². The molecule has 2 N–H and O–H groups in total. The van der Waals surface area contributed by atoms with Crippen LogP contribution in [-0.4, -0.2) is 47.4 Å². The summed E-state index contributed by atoms with van der Waals surface area (Å²) >= 11 is 1.03. The molecule has 0 aliphatic carbocycles. The maximum Gasteiger partial charge on any atom is 0.338 e. The molecule has 0 aromatic carbocycles. The number of rotatable bonds is 5. The number of carbonyl (C=O) groups is 1. The quantitative estimate of drug-likeness (QED) is 0.800. The van der Waals surface area contributed by atoms with Crippen molar-refractivity contribution in [3.05, 3.63) is 40.3 Å². The van der Waals surface area contributed by atoms with Crippen LogP contribution in [0.1, 0.15) is 39.5 Å². The van der Waals surface area contributed by atoms with E-state index in [1.165, 1.54) is 19.6 Å². The molecular weight excluding hydrogens is 364 g/mol. The lowest BCUT2D eigenvalue weighted by atomic mass is 10.1. The number of carboxylic acids is 1. The molecule has 10 heteroatoms. The van der Waals surface area contributed by atoms with Gasteiger partial charge in [-0.25, -0.2) is 23.2 Å². The number of fused-ring (bicyclic) bond motifs is 1. The highest BCUT2D eigenvalue weighted by Gasteiger charge is 2.36. The summed E-state index contributed by atoms with van der Waals surface area (Å²) in [6.07, 6.45) is 3.40. The van der Waals surface area contributed by atoms with Crippen molar-refractivity contribution < 1.29 is 18.3 Å². The Morgan fingerprint density at radius 3 is 2.88 bits per heavy atom. The van der Waals surface area contributed by atoms with Gasteiger partial charge >= 0.3 is 5.97 Å². The van der Waals surface area contributed by atoms with Gasteiger partial charge in [-0.3, -0.25) is 0 Å². The van der Waals surface area contributed by atoms with E-state index in [9.17, 15) is 18.3 Å². The maximum atomic E-state index is 13.1. The van der Waals surface area contributed by atoms with Gasteiger partial charge in [-0.15, -0.1) is 11.3 Å². The lowest BCUT2D eigenvalue weighted by molar-refractivity contribution is 0.0692. The summed E-state index contributed by atoms with van der Waals surface area (Å²) in [5.41, 5.74) is 1.07. The number of sulfonamides is 1. The molecule has 2 aromatic rings. The Balaban J connectivity index is 2.05. The molecule has 8 nitrogen and oxygen atoms in total. The van der Waals surface area contributed by atoms with Crippen LogP contribution in [0.4, 0.5) is 0 Å². The van der Waals surface area contributed by atoms with Gasteiger partial charge in [0.2, 0.25) is 0 Å². The third-order valence-corrected chi connectivity index (χ3v) is 7.96. The normalized spacial score (nSPS) is 15.8. The van der Waals surface area contributed by atoms with Crippen molar-refractivity contribution in [3.63, 3.8) is 0 Å². The fraction of sp³-hybridized carbons (Fsp3) is 0.400. The number of hydrogen-bond donors (Lipinski definition) is 2. The van der Waals surface area contributed by atoms with Crippen molar-refractivity contribution in [2.45, 2.75) is 30.1 Å². The first-order valence-corrected chi connectivity index (χ1v) is 9.92. The molecular formula is C15H18N4O4S2. The number of thiophene rings is 1. The summed E-state index contributed by atoms with van der Waals surface area (Å²) in [5, 5.41) is 12.7. The Hall–Kier alpha value is -1.88. The van der Waals surface area contributed by atoms with Crippen LogP contribution >= 0.6 is 11.3 Å². The zero-order valence-corrected chi connectivity index (χ0v) is 15.4. The average Bonchev–Trinajstić information content (AvgIpc) is 3.01. The van der Waals surface area contributed by atoms with Gasteiger partial charge in [0.05, 0.1) is 17.3 Å². The Bertz CT molecular complexity index is 896. The topological polar surface area (TPSA) is 112 Å². The molecule has 0 saturated carbocycles. The molecule has 1 atom stereocenters. The second-order valence-corrected chi connectivity index (χ2v) is 9.03. The third kappa shape index (κ3) is 3.17. The summed E-state index contributed by atoms with van der Waals surface area (Å²) < 4.78 is 27.2. The Morgan fingerprint density at radius 1 is 1.48 bits per heavy atom. The van der Waals surface area contributed by atoms with Gasteiger partial charge in [0.15, 0.2) is 0 Å². The first kappa shape index (κ1) is 17.9. The molecule has 0 spiro atoms. The fourth-order valence-electron chi connectivity index (χ4n) is 2.78. The fourth-order valence-corrected chi connectivity index (χ4v) is 6.15. The van der Waals surface area contributed by atoms with Crippen LogP contribution in [0.3, 0.4) is 0 Å². The second kappa shape index (κ2) is 6.79. The van der Waals surface area contributed by atoms with Crippen LogP contribution in [0.25, 0.3) is 0 Å². The van der Waals surface area contributed by atoms with E-state index in [-0.39, 0.29) is 9.77 Å². The van der Waals surface area contributed by atoms with E-state index in [4.69, 9.17) is 0 Å². The van der Waals surface area contributed by atoms with E-state index in [0.717, 1.165) is 20.5 Å². The van der Waals surface area contributed by atoms with Crippen molar-refractivity contribution in [2.24, 2.45) is 0 Å². The predicted molar refractivity (Wildman–Crippen MR) is 92.1 cm³/mol. The first-order valence-electron chi connectivity index (χ1n) is 7.66. The highest BCUT2D eigenvalue weighted by molar-refractivity contribution is 7.91. The summed E-state index contributed by atoms with van der Waals surface area (Å²) in [6.45, 7) is 2.83. The molecule has 1 aliphatic heterocycles. The number of hydrogen-bond acceptors (Lipinski definition) is 7. The summed E-state index contributed by atoms with van der Waals surface area (Å²) in [6, 6.07) is 1.09. The molecule has 0 saturated heterocycles. The van der Waals surface area contributed by atoms with Crippen LogP contribution in [0.15, 0.2) is 22.8 Å². The van der Waals surface area contributed by atoms with Crippen molar-refractivity contribution >= 4 is 27.3 Å². The largest absolute Gasteiger partial charge is 0.478 e. The minimum absolute atomic E-state index is 0.0942. The van der Waals surface area contributed by atoms with E-state index in [1.54, 1.807) is 13.0 Å². The molecule has 2 aromatic heterocycles. The minimum Gasteiger partial charge on any atom is -0.478 e. The number of aromatic carboxylic acids is 1. The van der Waals surface area contributed by atoms with Crippen LogP contribution < -0.4 is 5.32 Å². The standard InChI is InChI=1S/C15H18N4O4S2/c1-9(11-4-6-17-8-18-11)19(2)25(22,23)15-13(14(20)21)10-3-5-16-7-12(10)24-15/h4,6,8-9,16H,3,5,7H2,1-2H3,(H,20,21)/t9-/m0/s1. The highest BCUT2D eigenvalue weighted by atomic mass is 32.2. The van der Waals surface area contributed by atoms with Crippen LogP contribution in [0, 0.1) is 0 Å². The van der Waals surface area contributed by atoms with Crippen molar-refractivity contribution in [3.8, 4) is 0 Å². The molecule has 3 rings (SSSR count). The van der Waals surface area contributed by atoms with E-state index in [0.29, 0.717) is 30.8 Å². The lowest BCUT2D eigenvalue weighted by Crippen LogP contribution is -2.31. The minimum atomic E-state index is -3.97. The van der Waals surface area contributed by atoms with E-state index in [2.05, 4.69) is 15.3 Å². The van der Waals surface area contributed by atoms with Crippen LogP contribution in [0.2, 0.25) is 0 Å². The molecule has 0 radical (unpaired) electrons. The second-order valence-electron chi connectivity index (χ2n) is 5.73. The molecule has 25 heavy (non-hydrogen) atoms. The van der Waals surface area contributed by atoms with Gasteiger partial charge in [-0.2, -0.15) is 4.31 Å². The molecule has 1 aliphatic rings. The Kier molecular flexibility index (Phi) is 4.87. The van der Waals surface area contributed by atoms with Gasteiger partial charge < -0.3 is 10.4 Å². The monoisotopic (exact) mass is 382 g/mol. The SMILES string of the molecule is C[C@@H](c1ccncn1)N(C)S(=O)(=O)c1sc2c(c1C(=O)O)CCNC2. The van der Waals surface area contributed by atoms with E-state index >= 15 is 0 Å². The predicted octanol–water partition coefficient (Wildman–Crippen LogP) is 1.26. The Morgan fingerprint density at radius 2 is 2.24 bits per heavy atom. The zero-order chi connectivity index (χ0) is 18.2. The molecule has 0 fully saturated rings. The van der Waals surface area contributed by atoms with Crippen molar-refractivity contribution in [1.29, 1.82) is 0 Å². The number of nitrogens with one attached hydrogen (secondary N) is 1. The molecule has 134 valence electrons. The van der Waals surface area contributed by atoms with Gasteiger partial charge in [-0.1, -0.05) is 0 Å². The number of aromatic nitrogens is 2. The van der Waals surface area contributed by atoms with Crippen molar-refractivity contribution in [1.82, 2.24) is 19.6 Å². The average molecular weight is 382 g/mol. The number of carboxylic acid groups (broad SMARTS) is 1. The van der Waals surface area contributed by atoms with Crippen molar-refractivity contribution in [2.75, 3.05) is 13.6 Å². The van der Waals surface area contributed by atoms with E-state index in [1.807, 2.05) is 0 Å². The highest BCUT2D eigenvalue weighted by Crippen LogP contribution is 2.37. The zero-order valence-electron chi connectivity index (χ0n) is 13.8. The lowest BCUT2D eigenvalue weighted by Gasteiger charge is -2.23. The van der Waals surface area contributed by atoms with Gasteiger partial charge in [-0.05, 0) is 31.5 Å². The van der Waals surface area contributed by atoms with Gasteiger partial charge in [0, 0.05) is 24.7 Å². The summed E-state index contributed by atoms with van der Waals surface area (Å²) in [5.74, 6) is -1.21. The van der Waals surface area contributed by atoms with Gasteiger partial charge in [0.1, 0.15) is 10.5 Å². The summed E-state index contributed by atoms with van der Waals surface area (Å²) in [4.78, 5) is 20.4. The molecule has 0 bridgehead atoms. The van der Waals surface area contributed by atoms with Crippen LogP contribution in [0.5, 0.6) is 0 Å². The molecule has 0 amide bonds. The molecule has 0 unspecified atom stereocenters. The Labute approximate surface area is 149 Å². The first-order chi connectivity index (χ1) is 11.8. The third-order valence-electron chi connectivity index (χ3n) is 4.30. The van der Waals surface area contributed by atoms with Gasteiger partial charge in [0.25, 0.3) is 10.0 Å². The number of nitrogens with zero attached hydrogens (tertiary/aromatic N) is 3. The smallest absolute Gasteiger partial charge is 0.338 e. The summed E-state index contributed by atoms with van der Waals surface area (Å²) in [7, 11) is -2.54. The van der Waals surface area contributed by atoms with E-state index < -0.39 is 22.0 Å². The maximum absolute atomic E-state index is 13.1. The molecule has 3 heterocycles.